The second-order valence-corrected chi connectivity index (χ2v) is 4.38. The summed E-state index contributed by atoms with van der Waals surface area (Å²) in [5.74, 6) is -0.376. The minimum atomic E-state index is -0.665. The lowest BCUT2D eigenvalue weighted by atomic mass is 10.3. The van der Waals surface area contributed by atoms with Crippen LogP contribution in [0.3, 0.4) is 0 Å². The highest BCUT2D eigenvalue weighted by Crippen LogP contribution is 2.24. The molecule has 0 atom stereocenters. The molecule has 0 aliphatic rings. The van der Waals surface area contributed by atoms with Crippen LogP contribution in [0.5, 0.6) is 0 Å². The van der Waals surface area contributed by atoms with Gasteiger partial charge in [-0.05, 0) is 24.3 Å². The number of rotatable bonds is 2. The maximum absolute atomic E-state index is 13.5. The third-order valence-corrected chi connectivity index (χ3v) is 2.71. The van der Waals surface area contributed by atoms with Gasteiger partial charge in [0.2, 0.25) is 0 Å². The summed E-state index contributed by atoms with van der Waals surface area (Å²) in [4.78, 5) is 15.5. The van der Waals surface area contributed by atoms with E-state index in [1.54, 1.807) is 6.07 Å². The summed E-state index contributed by atoms with van der Waals surface area (Å²) < 4.78 is 13.5. The number of carbonyl (C=O) groups excluding carboxylic acids is 1. The van der Waals surface area contributed by atoms with E-state index in [1.165, 1.54) is 30.5 Å². The van der Waals surface area contributed by atoms with Crippen molar-refractivity contribution in [2.75, 3.05) is 10.6 Å². The summed E-state index contributed by atoms with van der Waals surface area (Å²) in [5, 5.41) is 5.25. The highest BCUT2D eigenvalue weighted by atomic mass is 35.5. The lowest BCUT2D eigenvalue weighted by Crippen LogP contribution is -2.21. The van der Waals surface area contributed by atoms with E-state index >= 15 is 0 Å². The Balaban J connectivity index is 2.10. The number of anilines is 2. The van der Waals surface area contributed by atoms with Gasteiger partial charge < -0.3 is 5.32 Å². The minimum Gasteiger partial charge on any atom is -0.304 e. The number of halogens is 3. The number of benzene rings is 1. The van der Waals surface area contributed by atoms with E-state index in [-0.39, 0.29) is 16.5 Å². The number of hydrogen-bond donors (Lipinski definition) is 2. The average Bonchev–Trinajstić information content (AvgIpc) is 2.34. The van der Waals surface area contributed by atoms with Crippen molar-refractivity contribution in [3.63, 3.8) is 0 Å². The molecule has 0 saturated carbocycles. The Bertz CT molecular complexity index is 601. The predicted octanol–water partition coefficient (Wildman–Crippen LogP) is 4.17. The molecule has 1 aromatic carbocycles. The smallest absolute Gasteiger partial charge is 0.304 e. The van der Waals surface area contributed by atoms with Crippen LogP contribution in [-0.2, 0) is 0 Å². The number of amides is 2. The summed E-state index contributed by atoms with van der Waals surface area (Å²) in [6.45, 7) is 0. The molecule has 0 aliphatic carbocycles. The van der Waals surface area contributed by atoms with Crippen molar-refractivity contribution >= 4 is 40.7 Å². The molecule has 0 unspecified atom stereocenters. The van der Waals surface area contributed by atoms with Gasteiger partial charge in [-0.3, -0.25) is 5.32 Å². The summed E-state index contributed by atoms with van der Waals surface area (Å²) in [7, 11) is 0. The number of nitrogens with one attached hydrogen (secondary N) is 2. The first kappa shape index (κ1) is 13.6. The third-order valence-electron chi connectivity index (χ3n) is 2.16. The molecule has 0 spiro atoms. The standard InChI is InChI=1S/C12H8Cl2FN3O/c13-7-4-5-16-10(6-7)17-12(19)18-11-8(14)2-1-3-9(11)15/h1-6H,(H2,16,17,18,19). The highest BCUT2D eigenvalue weighted by molar-refractivity contribution is 6.33. The number of urea groups is 1. The predicted molar refractivity (Wildman–Crippen MR) is 73.3 cm³/mol. The summed E-state index contributed by atoms with van der Waals surface area (Å²) in [6, 6.07) is 6.47. The van der Waals surface area contributed by atoms with Crippen molar-refractivity contribution in [2.24, 2.45) is 0 Å². The highest BCUT2D eigenvalue weighted by Gasteiger charge is 2.11. The Labute approximate surface area is 118 Å². The molecule has 4 nitrogen and oxygen atoms in total. The Hall–Kier alpha value is -1.85. The molecule has 1 aromatic heterocycles. The molecule has 7 heteroatoms. The molecule has 98 valence electrons. The molecular formula is C12H8Cl2FN3O. The fraction of sp³-hybridized carbons (Fsp3) is 0. The Kier molecular flexibility index (Phi) is 4.19. The van der Waals surface area contributed by atoms with Crippen LogP contribution in [0.15, 0.2) is 36.5 Å². The molecule has 0 saturated heterocycles. The average molecular weight is 300 g/mol. The van der Waals surface area contributed by atoms with Gasteiger partial charge in [0.15, 0.2) is 0 Å². The lowest BCUT2D eigenvalue weighted by molar-refractivity contribution is 0.262. The van der Waals surface area contributed by atoms with E-state index < -0.39 is 11.8 Å². The van der Waals surface area contributed by atoms with Crippen molar-refractivity contribution in [3.05, 3.63) is 52.4 Å². The molecule has 0 fully saturated rings. The van der Waals surface area contributed by atoms with Gasteiger partial charge in [-0.1, -0.05) is 29.3 Å². The quantitative estimate of drug-likeness (QED) is 0.874. The van der Waals surface area contributed by atoms with Gasteiger partial charge >= 0.3 is 6.03 Å². The first-order valence-corrected chi connectivity index (χ1v) is 5.95. The molecule has 2 aromatic rings. The van der Waals surface area contributed by atoms with E-state index in [0.29, 0.717) is 5.02 Å². The van der Waals surface area contributed by atoms with Gasteiger partial charge in [-0.15, -0.1) is 0 Å². The number of nitrogens with zero attached hydrogens (tertiary/aromatic N) is 1. The van der Waals surface area contributed by atoms with E-state index in [1.807, 2.05) is 0 Å². The summed E-state index contributed by atoms with van der Waals surface area (Å²) in [6.07, 6.45) is 1.44. The molecule has 1 heterocycles. The van der Waals surface area contributed by atoms with Crippen molar-refractivity contribution in [1.29, 1.82) is 0 Å². The molecular weight excluding hydrogens is 292 g/mol. The van der Waals surface area contributed by atoms with Crippen molar-refractivity contribution in [1.82, 2.24) is 4.98 Å². The third kappa shape index (κ3) is 3.56. The monoisotopic (exact) mass is 299 g/mol. The summed E-state index contributed by atoms with van der Waals surface area (Å²) >= 11 is 11.5. The maximum Gasteiger partial charge on any atom is 0.324 e. The van der Waals surface area contributed by atoms with E-state index in [2.05, 4.69) is 15.6 Å². The van der Waals surface area contributed by atoms with Crippen LogP contribution in [0, 0.1) is 5.82 Å². The fourth-order valence-corrected chi connectivity index (χ4v) is 1.72. The van der Waals surface area contributed by atoms with Crippen molar-refractivity contribution < 1.29 is 9.18 Å². The Morgan fingerprint density at radius 3 is 2.68 bits per heavy atom. The number of para-hydroxylation sites is 1. The molecule has 0 radical (unpaired) electrons. The van der Waals surface area contributed by atoms with Crippen LogP contribution in [0.25, 0.3) is 0 Å². The molecule has 2 rings (SSSR count). The van der Waals surface area contributed by atoms with Crippen LogP contribution in [-0.4, -0.2) is 11.0 Å². The van der Waals surface area contributed by atoms with Crippen LogP contribution in [0.1, 0.15) is 0 Å². The topological polar surface area (TPSA) is 54.0 Å². The van der Waals surface area contributed by atoms with Gasteiger partial charge in [0.1, 0.15) is 11.6 Å². The number of aromatic nitrogens is 1. The zero-order valence-electron chi connectivity index (χ0n) is 9.45. The van der Waals surface area contributed by atoms with Gasteiger partial charge in [0.05, 0.1) is 10.7 Å². The zero-order valence-corrected chi connectivity index (χ0v) is 11.0. The molecule has 0 bridgehead atoms. The molecule has 2 amide bonds. The molecule has 0 aliphatic heterocycles. The Morgan fingerprint density at radius 2 is 2.00 bits per heavy atom. The van der Waals surface area contributed by atoms with Crippen molar-refractivity contribution in [3.8, 4) is 0 Å². The van der Waals surface area contributed by atoms with E-state index in [0.717, 1.165) is 0 Å². The SMILES string of the molecule is O=C(Nc1cc(Cl)ccn1)Nc1c(F)cccc1Cl. The van der Waals surface area contributed by atoms with Crippen LogP contribution < -0.4 is 10.6 Å². The number of pyridine rings is 1. The fourth-order valence-electron chi connectivity index (χ4n) is 1.35. The van der Waals surface area contributed by atoms with Gasteiger partial charge in [-0.25, -0.2) is 14.2 Å². The largest absolute Gasteiger partial charge is 0.324 e. The van der Waals surface area contributed by atoms with Gasteiger partial charge in [0, 0.05) is 11.2 Å². The minimum absolute atomic E-state index is 0.0938. The van der Waals surface area contributed by atoms with Gasteiger partial charge in [-0.2, -0.15) is 0 Å². The zero-order chi connectivity index (χ0) is 13.8. The summed E-state index contributed by atoms with van der Waals surface area (Å²) in [5.41, 5.74) is -0.0938. The van der Waals surface area contributed by atoms with E-state index in [4.69, 9.17) is 23.2 Å². The van der Waals surface area contributed by atoms with Crippen molar-refractivity contribution in [2.45, 2.75) is 0 Å². The first-order chi connectivity index (χ1) is 9.06. The number of carbonyl (C=O) groups is 1. The second-order valence-electron chi connectivity index (χ2n) is 3.54. The molecule has 19 heavy (non-hydrogen) atoms. The van der Waals surface area contributed by atoms with Crippen LogP contribution in [0.4, 0.5) is 20.7 Å². The molecule has 2 N–H and O–H groups in total. The number of hydrogen-bond acceptors (Lipinski definition) is 2. The lowest BCUT2D eigenvalue weighted by Gasteiger charge is -2.09. The first-order valence-electron chi connectivity index (χ1n) is 5.20. The maximum atomic E-state index is 13.5. The van der Waals surface area contributed by atoms with Gasteiger partial charge in [0.25, 0.3) is 0 Å². The van der Waals surface area contributed by atoms with Crippen LogP contribution >= 0.6 is 23.2 Å². The second kappa shape index (κ2) is 5.86. The van der Waals surface area contributed by atoms with Crippen LogP contribution in [0.2, 0.25) is 10.0 Å². The van der Waals surface area contributed by atoms with E-state index in [9.17, 15) is 9.18 Å². The normalized spacial score (nSPS) is 10.1. The Morgan fingerprint density at radius 1 is 1.21 bits per heavy atom.